The molecule has 0 saturated carbocycles. The van der Waals surface area contributed by atoms with Crippen molar-refractivity contribution in [3.05, 3.63) is 88.4 Å². The van der Waals surface area contributed by atoms with E-state index < -0.39 is 36.5 Å². The molecule has 13 heteroatoms. The maximum absolute atomic E-state index is 12.5. The lowest BCUT2D eigenvalue weighted by molar-refractivity contribution is -0.141. The van der Waals surface area contributed by atoms with Crippen molar-refractivity contribution in [3.63, 3.8) is 0 Å². The number of ether oxygens (including phenoxy) is 2. The number of halogens is 1. The van der Waals surface area contributed by atoms with E-state index in [1.165, 1.54) is 36.4 Å². The number of carbonyl (C=O) groups excluding carboxylic acids is 2. The van der Waals surface area contributed by atoms with E-state index in [9.17, 15) is 24.3 Å². The highest BCUT2D eigenvalue weighted by Crippen LogP contribution is 2.25. The van der Waals surface area contributed by atoms with Gasteiger partial charge in [-0.1, -0.05) is 29.8 Å². The summed E-state index contributed by atoms with van der Waals surface area (Å²) in [5.41, 5.74) is 12.6. The lowest BCUT2D eigenvalue weighted by Crippen LogP contribution is -2.42. The molecule has 0 aromatic heterocycles. The highest BCUT2D eigenvalue weighted by molar-refractivity contribution is 6.31. The first-order valence-corrected chi connectivity index (χ1v) is 12.5. The van der Waals surface area contributed by atoms with Gasteiger partial charge < -0.3 is 36.5 Å². The molecule has 41 heavy (non-hydrogen) atoms. The van der Waals surface area contributed by atoms with Crippen LogP contribution < -0.4 is 26.3 Å². The number of carboxylic acids is 2. The van der Waals surface area contributed by atoms with Crippen molar-refractivity contribution in [1.82, 2.24) is 5.32 Å². The number of hydrogen-bond donors (Lipinski definition) is 5. The van der Waals surface area contributed by atoms with Crippen molar-refractivity contribution in [2.75, 3.05) is 6.61 Å². The molecule has 0 heterocycles. The standard InChI is InChI=1S/C28H27ClN4O8/c29-22-14-21(41-27(39)18-3-7-19(8-4-18)32-28(30)31)11-5-17(22)6-12-24(34)33-23(26(37)38)13-16-1-9-20(10-2-16)40-15-25(35)36/h1-5,7-11,14,23H,6,12-13,15H2,(H,33,34)(H,35,36)(H,37,38)(H4,30,31,32)/t23-/m0/s1. The second kappa shape index (κ2) is 14.3. The van der Waals surface area contributed by atoms with Crippen LogP contribution in [0.1, 0.15) is 27.9 Å². The summed E-state index contributed by atoms with van der Waals surface area (Å²) in [5, 5.41) is 21.0. The van der Waals surface area contributed by atoms with Gasteiger partial charge in [0.05, 0.1) is 11.3 Å². The van der Waals surface area contributed by atoms with Gasteiger partial charge in [-0.15, -0.1) is 0 Å². The third-order valence-electron chi connectivity index (χ3n) is 5.58. The van der Waals surface area contributed by atoms with Crippen molar-refractivity contribution in [2.45, 2.75) is 25.3 Å². The molecule has 3 rings (SSSR count). The molecule has 0 aliphatic carbocycles. The van der Waals surface area contributed by atoms with Gasteiger partial charge in [-0.2, -0.15) is 0 Å². The minimum absolute atomic E-state index is 0.0120. The van der Waals surface area contributed by atoms with Gasteiger partial charge in [0, 0.05) is 17.9 Å². The van der Waals surface area contributed by atoms with Crippen LogP contribution in [-0.2, 0) is 27.2 Å². The summed E-state index contributed by atoms with van der Waals surface area (Å²) < 4.78 is 10.4. The van der Waals surface area contributed by atoms with Crippen LogP contribution in [0.3, 0.4) is 0 Å². The number of nitrogens with two attached hydrogens (primary N) is 2. The van der Waals surface area contributed by atoms with Crippen LogP contribution in [0.15, 0.2) is 71.7 Å². The number of aryl methyl sites for hydroxylation is 1. The number of amides is 1. The van der Waals surface area contributed by atoms with E-state index in [0.717, 1.165) is 0 Å². The summed E-state index contributed by atoms with van der Waals surface area (Å²) in [4.78, 5) is 51.1. The number of rotatable bonds is 13. The Balaban J connectivity index is 1.52. The zero-order valence-electron chi connectivity index (χ0n) is 21.6. The first kappa shape index (κ1) is 30.4. The van der Waals surface area contributed by atoms with Gasteiger partial charge in [0.2, 0.25) is 5.91 Å². The van der Waals surface area contributed by atoms with Crippen LogP contribution in [0.25, 0.3) is 0 Å². The van der Waals surface area contributed by atoms with Crippen LogP contribution in [0, 0.1) is 0 Å². The van der Waals surface area contributed by atoms with E-state index in [2.05, 4.69) is 10.3 Å². The maximum atomic E-state index is 12.5. The molecule has 0 aliphatic rings. The Hall–Kier alpha value is -5.10. The van der Waals surface area contributed by atoms with Gasteiger partial charge in [0.1, 0.15) is 17.5 Å². The highest BCUT2D eigenvalue weighted by atomic mass is 35.5. The molecule has 0 saturated heterocycles. The Morgan fingerprint density at radius 2 is 1.59 bits per heavy atom. The average Bonchev–Trinajstić information content (AvgIpc) is 2.91. The molecule has 0 fully saturated rings. The van der Waals surface area contributed by atoms with Gasteiger partial charge in [0.25, 0.3) is 0 Å². The van der Waals surface area contributed by atoms with Crippen LogP contribution in [0.2, 0.25) is 5.02 Å². The second-order valence-corrected chi connectivity index (χ2v) is 9.12. The summed E-state index contributed by atoms with van der Waals surface area (Å²) in [6.07, 6.45) is 0.192. The quantitative estimate of drug-likeness (QED) is 0.0862. The SMILES string of the molecule is NC(N)=Nc1ccc(C(=O)Oc2ccc(CCC(=O)N[C@@H](Cc3ccc(OCC(=O)O)cc3)C(=O)O)c(Cl)c2)cc1. The minimum Gasteiger partial charge on any atom is -0.482 e. The number of esters is 1. The summed E-state index contributed by atoms with van der Waals surface area (Å²) in [5.74, 6) is -3.02. The maximum Gasteiger partial charge on any atom is 0.343 e. The Kier molecular flexibility index (Phi) is 10.6. The van der Waals surface area contributed by atoms with Gasteiger partial charge in [0.15, 0.2) is 12.6 Å². The fourth-order valence-electron chi connectivity index (χ4n) is 3.60. The fourth-order valence-corrected chi connectivity index (χ4v) is 3.86. The molecule has 3 aromatic rings. The van der Waals surface area contributed by atoms with Gasteiger partial charge in [-0.25, -0.2) is 19.4 Å². The molecule has 214 valence electrons. The zero-order chi connectivity index (χ0) is 29.9. The number of nitrogens with zero attached hydrogens (tertiary/aromatic N) is 1. The Morgan fingerprint density at radius 3 is 2.17 bits per heavy atom. The topological polar surface area (TPSA) is 204 Å². The lowest BCUT2D eigenvalue weighted by Gasteiger charge is -2.15. The molecule has 12 nitrogen and oxygen atoms in total. The van der Waals surface area contributed by atoms with E-state index >= 15 is 0 Å². The number of hydrogen-bond acceptors (Lipinski definition) is 7. The number of carbonyl (C=O) groups is 4. The molecular formula is C28H27ClN4O8. The average molecular weight is 583 g/mol. The van der Waals surface area contributed by atoms with E-state index in [1.807, 2.05) is 0 Å². The van der Waals surface area contributed by atoms with Crippen molar-refractivity contribution < 1.29 is 38.9 Å². The molecule has 1 amide bonds. The Labute approximate surface area is 239 Å². The molecule has 0 aliphatic heterocycles. The van der Waals surface area contributed by atoms with Gasteiger partial charge in [-0.05, 0) is 66.1 Å². The normalized spacial score (nSPS) is 11.1. The summed E-state index contributed by atoms with van der Waals surface area (Å²) >= 11 is 6.33. The van der Waals surface area contributed by atoms with Gasteiger partial charge in [-0.3, -0.25) is 4.79 Å². The molecule has 0 unspecified atom stereocenters. The number of aliphatic carboxylic acids is 2. The summed E-state index contributed by atoms with van der Waals surface area (Å²) in [6.45, 7) is -0.498. The van der Waals surface area contributed by atoms with Crippen LogP contribution in [-0.4, -0.2) is 52.6 Å². The Morgan fingerprint density at radius 1 is 0.927 bits per heavy atom. The number of carboxylic acid groups (broad SMARTS) is 2. The molecule has 0 spiro atoms. The zero-order valence-corrected chi connectivity index (χ0v) is 22.3. The van der Waals surface area contributed by atoms with Gasteiger partial charge >= 0.3 is 17.9 Å². The number of guanidine groups is 1. The van der Waals surface area contributed by atoms with E-state index in [-0.39, 0.29) is 41.6 Å². The van der Waals surface area contributed by atoms with E-state index in [0.29, 0.717) is 22.6 Å². The molecular weight excluding hydrogens is 556 g/mol. The van der Waals surface area contributed by atoms with Crippen molar-refractivity contribution in [3.8, 4) is 11.5 Å². The third kappa shape index (κ3) is 9.86. The van der Waals surface area contributed by atoms with Crippen molar-refractivity contribution in [2.24, 2.45) is 16.5 Å². The molecule has 0 radical (unpaired) electrons. The molecule has 7 N–H and O–H groups in total. The predicted molar refractivity (Wildman–Crippen MR) is 149 cm³/mol. The molecule has 1 atom stereocenters. The lowest BCUT2D eigenvalue weighted by atomic mass is 10.0. The van der Waals surface area contributed by atoms with Crippen LogP contribution >= 0.6 is 11.6 Å². The predicted octanol–water partition coefficient (Wildman–Crippen LogP) is 2.67. The summed E-state index contributed by atoms with van der Waals surface area (Å²) in [7, 11) is 0. The second-order valence-electron chi connectivity index (χ2n) is 8.72. The minimum atomic E-state index is -1.21. The van der Waals surface area contributed by atoms with Crippen LogP contribution in [0.4, 0.5) is 5.69 Å². The first-order chi connectivity index (χ1) is 19.5. The van der Waals surface area contributed by atoms with E-state index in [1.54, 1.807) is 30.3 Å². The Bertz CT molecular complexity index is 1440. The number of nitrogens with one attached hydrogen (secondary N) is 1. The largest absolute Gasteiger partial charge is 0.482 e. The molecule has 0 bridgehead atoms. The van der Waals surface area contributed by atoms with Crippen molar-refractivity contribution in [1.29, 1.82) is 0 Å². The van der Waals surface area contributed by atoms with E-state index in [4.69, 9.17) is 37.6 Å². The van der Waals surface area contributed by atoms with Crippen molar-refractivity contribution >= 4 is 47.1 Å². The van der Waals surface area contributed by atoms with Crippen LogP contribution in [0.5, 0.6) is 11.5 Å². The molecule has 3 aromatic carbocycles. The summed E-state index contributed by atoms with van der Waals surface area (Å²) in [6, 6.07) is 15.8. The number of benzene rings is 3. The number of aliphatic imine (C=N–C) groups is 1. The fraction of sp³-hybridized carbons (Fsp3) is 0.179. The third-order valence-corrected chi connectivity index (χ3v) is 5.93. The first-order valence-electron chi connectivity index (χ1n) is 12.2. The highest BCUT2D eigenvalue weighted by Gasteiger charge is 2.21. The monoisotopic (exact) mass is 582 g/mol. The smallest absolute Gasteiger partial charge is 0.343 e.